The lowest BCUT2D eigenvalue weighted by atomic mass is 9.83. The molecule has 9 heteroatoms. The van der Waals surface area contributed by atoms with E-state index in [9.17, 15) is 9.90 Å². The van der Waals surface area contributed by atoms with Gasteiger partial charge in [-0.15, -0.1) is 16.4 Å². The molecule has 0 unspecified atom stereocenters. The lowest BCUT2D eigenvalue weighted by Crippen LogP contribution is -2.10. The van der Waals surface area contributed by atoms with E-state index >= 15 is 0 Å². The van der Waals surface area contributed by atoms with Gasteiger partial charge >= 0.3 is 5.97 Å². The molecule has 1 aliphatic carbocycles. The molecule has 2 heterocycles. The molecule has 8 nitrogen and oxygen atoms in total. The molecule has 1 N–H and O–H groups in total. The first-order valence-corrected chi connectivity index (χ1v) is 10.8. The summed E-state index contributed by atoms with van der Waals surface area (Å²) >= 11 is 1.56. The molecule has 0 amide bonds. The molecule has 1 saturated carbocycles. The molecule has 0 saturated heterocycles. The van der Waals surface area contributed by atoms with E-state index in [2.05, 4.69) is 32.5 Å². The second-order valence-corrected chi connectivity index (χ2v) is 8.02. The van der Waals surface area contributed by atoms with Gasteiger partial charge < -0.3 is 14.6 Å². The summed E-state index contributed by atoms with van der Waals surface area (Å²) in [6, 6.07) is 7.33. The topological polar surface area (TPSA) is 99.4 Å². The lowest BCUT2D eigenvalue weighted by molar-refractivity contribution is 0.0288. The summed E-state index contributed by atoms with van der Waals surface area (Å²) in [6.45, 7) is 0.860. The van der Waals surface area contributed by atoms with Crippen LogP contribution in [0.4, 0.5) is 0 Å². The molecule has 1 fully saturated rings. The molecule has 0 aliphatic heterocycles. The van der Waals surface area contributed by atoms with Crippen molar-refractivity contribution in [2.24, 2.45) is 0 Å². The number of thiazole rings is 1. The van der Waals surface area contributed by atoms with Crippen molar-refractivity contribution in [2.75, 3.05) is 20.3 Å². The van der Waals surface area contributed by atoms with Gasteiger partial charge in [-0.2, -0.15) is 0 Å². The maximum Gasteiger partial charge on any atom is 0.358 e. The van der Waals surface area contributed by atoms with Gasteiger partial charge in [-0.3, -0.25) is 0 Å². The number of carbonyl (C=O) groups is 1. The Morgan fingerprint density at radius 3 is 2.94 bits per heavy atom. The van der Waals surface area contributed by atoms with Gasteiger partial charge in [-0.1, -0.05) is 29.7 Å². The molecular weight excluding hydrogens is 416 g/mol. The Kier molecular flexibility index (Phi) is 6.72. The number of carboxylic acids is 1. The quantitative estimate of drug-likeness (QED) is 0.425. The first-order chi connectivity index (χ1) is 15.2. The molecule has 160 valence electrons. The number of benzene rings is 1. The summed E-state index contributed by atoms with van der Waals surface area (Å²) in [6.07, 6.45) is 3.69. The van der Waals surface area contributed by atoms with Crippen molar-refractivity contribution >= 4 is 17.3 Å². The summed E-state index contributed by atoms with van der Waals surface area (Å²) in [7, 11) is 1.58. The smallest absolute Gasteiger partial charge is 0.358 e. The van der Waals surface area contributed by atoms with Gasteiger partial charge in [0, 0.05) is 29.5 Å². The zero-order valence-corrected chi connectivity index (χ0v) is 17.9. The van der Waals surface area contributed by atoms with Gasteiger partial charge in [0.2, 0.25) is 0 Å². The molecule has 0 radical (unpaired) electrons. The third-order valence-electron chi connectivity index (χ3n) is 5.08. The number of methoxy groups -OCH3 is 1. The normalized spacial score (nSPS) is 13.5. The van der Waals surface area contributed by atoms with E-state index in [4.69, 9.17) is 9.47 Å². The number of rotatable bonds is 8. The number of aromatic carboxylic acids is 1. The second kappa shape index (κ2) is 9.83. The minimum absolute atomic E-state index is 0.0674. The Balaban J connectivity index is 1.57. The predicted molar refractivity (Wildman–Crippen MR) is 115 cm³/mol. The molecular formula is C22H22N4O4S. The molecule has 0 bridgehead atoms. The minimum Gasteiger partial charge on any atom is -0.476 e. The van der Waals surface area contributed by atoms with E-state index in [1.807, 2.05) is 18.2 Å². The number of nitrogens with zero attached hydrogens (tertiary/aromatic N) is 4. The molecule has 1 aromatic carbocycles. The van der Waals surface area contributed by atoms with E-state index in [1.165, 1.54) is 23.9 Å². The fourth-order valence-electron chi connectivity index (χ4n) is 3.23. The first-order valence-electron chi connectivity index (χ1n) is 9.97. The fourth-order valence-corrected chi connectivity index (χ4v) is 3.98. The summed E-state index contributed by atoms with van der Waals surface area (Å²) in [4.78, 5) is 16.3. The van der Waals surface area contributed by atoms with Crippen molar-refractivity contribution in [1.82, 2.24) is 20.0 Å². The van der Waals surface area contributed by atoms with Crippen LogP contribution >= 0.6 is 11.3 Å². The zero-order chi connectivity index (χ0) is 21.6. The Bertz CT molecular complexity index is 1120. The van der Waals surface area contributed by atoms with Crippen molar-refractivity contribution in [3.05, 3.63) is 51.6 Å². The van der Waals surface area contributed by atoms with Crippen LogP contribution in [0.2, 0.25) is 0 Å². The SMILES string of the molecule is COCCOCn1nnc(C(=O)O)c1-c1cccc(C#Cc2nc(C3CCC3)cs2)c1. The second-order valence-electron chi connectivity index (χ2n) is 7.16. The number of carboxylic acid groups (broad SMARTS) is 1. The number of aromatic nitrogens is 4. The molecule has 31 heavy (non-hydrogen) atoms. The maximum absolute atomic E-state index is 11.7. The fraction of sp³-hybridized carbons (Fsp3) is 0.364. The highest BCUT2D eigenvalue weighted by Crippen LogP contribution is 2.36. The third kappa shape index (κ3) is 4.99. The Hall–Kier alpha value is -3.06. The van der Waals surface area contributed by atoms with E-state index in [0.717, 1.165) is 16.3 Å². The lowest BCUT2D eigenvalue weighted by Gasteiger charge is -2.22. The summed E-state index contributed by atoms with van der Waals surface area (Å²) in [5.74, 6) is 5.69. The Morgan fingerprint density at radius 2 is 2.19 bits per heavy atom. The average Bonchev–Trinajstić information content (AvgIpc) is 3.36. The van der Waals surface area contributed by atoms with Gasteiger partial charge in [0.1, 0.15) is 12.4 Å². The number of ether oxygens (including phenoxy) is 2. The minimum atomic E-state index is -1.15. The van der Waals surface area contributed by atoms with Crippen LogP contribution in [0, 0.1) is 11.8 Å². The van der Waals surface area contributed by atoms with Crippen molar-refractivity contribution in [3.63, 3.8) is 0 Å². The predicted octanol–water partition coefficient (Wildman–Crippen LogP) is 3.39. The Labute approximate surface area is 183 Å². The summed E-state index contributed by atoms with van der Waals surface area (Å²) < 4.78 is 11.9. The van der Waals surface area contributed by atoms with Gasteiger partial charge in [0.05, 0.1) is 18.9 Å². The molecule has 0 atom stereocenters. The van der Waals surface area contributed by atoms with E-state index in [1.54, 1.807) is 24.5 Å². The van der Waals surface area contributed by atoms with Crippen LogP contribution in [-0.4, -0.2) is 51.4 Å². The highest BCUT2D eigenvalue weighted by Gasteiger charge is 2.22. The van der Waals surface area contributed by atoms with Crippen LogP contribution in [0.15, 0.2) is 29.6 Å². The largest absolute Gasteiger partial charge is 0.476 e. The molecule has 3 aromatic rings. The summed E-state index contributed by atoms with van der Waals surface area (Å²) in [5, 5.41) is 20.2. The molecule has 4 rings (SSSR count). The standard InChI is InChI=1S/C22H22N4O4S/c1-29-10-11-30-14-26-21(20(22(27)28)24-25-26)17-7-2-4-15(12-17)8-9-19-23-18(13-31-19)16-5-3-6-16/h2,4,7,12-13,16H,3,5-6,10-11,14H2,1H3,(H,27,28). The number of hydrogen-bond acceptors (Lipinski definition) is 7. The van der Waals surface area contributed by atoms with Crippen molar-refractivity contribution in [3.8, 4) is 23.1 Å². The summed E-state index contributed by atoms with van der Waals surface area (Å²) in [5.41, 5.74) is 2.78. The Morgan fingerprint density at radius 1 is 1.32 bits per heavy atom. The van der Waals surface area contributed by atoms with Crippen LogP contribution < -0.4 is 0 Å². The van der Waals surface area contributed by atoms with Crippen LogP contribution in [0.25, 0.3) is 11.3 Å². The van der Waals surface area contributed by atoms with Gasteiger partial charge in [-0.25, -0.2) is 14.5 Å². The zero-order valence-electron chi connectivity index (χ0n) is 17.1. The van der Waals surface area contributed by atoms with E-state index in [-0.39, 0.29) is 12.4 Å². The van der Waals surface area contributed by atoms with Gasteiger partial charge in [0.25, 0.3) is 0 Å². The first kappa shape index (κ1) is 21.2. The van der Waals surface area contributed by atoms with Gasteiger partial charge in [-0.05, 0) is 30.9 Å². The van der Waals surface area contributed by atoms with Crippen LogP contribution in [-0.2, 0) is 16.2 Å². The van der Waals surface area contributed by atoms with Crippen molar-refractivity contribution in [2.45, 2.75) is 31.9 Å². The maximum atomic E-state index is 11.7. The average molecular weight is 439 g/mol. The van der Waals surface area contributed by atoms with E-state index < -0.39 is 5.97 Å². The van der Waals surface area contributed by atoms with Crippen LogP contribution in [0.3, 0.4) is 0 Å². The van der Waals surface area contributed by atoms with Crippen molar-refractivity contribution in [1.29, 1.82) is 0 Å². The van der Waals surface area contributed by atoms with Crippen LogP contribution in [0.5, 0.6) is 0 Å². The van der Waals surface area contributed by atoms with Gasteiger partial charge in [0.15, 0.2) is 10.7 Å². The molecule has 0 spiro atoms. The molecule has 1 aliphatic rings. The highest BCUT2D eigenvalue weighted by molar-refractivity contribution is 7.10. The van der Waals surface area contributed by atoms with E-state index in [0.29, 0.717) is 30.4 Å². The highest BCUT2D eigenvalue weighted by atomic mass is 32.1. The molecule has 2 aromatic heterocycles. The van der Waals surface area contributed by atoms with Crippen LogP contribution in [0.1, 0.15) is 51.9 Å². The monoisotopic (exact) mass is 438 g/mol. The third-order valence-corrected chi connectivity index (χ3v) is 5.85. The number of hydrogen-bond donors (Lipinski definition) is 1. The van der Waals surface area contributed by atoms with Crippen molar-refractivity contribution < 1.29 is 19.4 Å².